The van der Waals surface area contributed by atoms with Gasteiger partial charge < -0.3 is 20.4 Å². The van der Waals surface area contributed by atoms with E-state index in [1.807, 2.05) is 44.0 Å². The lowest BCUT2D eigenvalue weighted by Crippen LogP contribution is -2.23. The van der Waals surface area contributed by atoms with E-state index in [-0.39, 0.29) is 0 Å². The van der Waals surface area contributed by atoms with E-state index in [4.69, 9.17) is 33.7 Å². The van der Waals surface area contributed by atoms with Gasteiger partial charge in [-0.25, -0.2) is 0 Å². The molecule has 0 saturated heterocycles. The molecule has 5 nitrogen and oxygen atoms in total. The van der Waals surface area contributed by atoms with Crippen molar-refractivity contribution in [3.63, 3.8) is 0 Å². The lowest BCUT2D eigenvalue weighted by atomic mass is 10.0. The Morgan fingerprint density at radius 2 is 1.76 bits per heavy atom. The number of carbonyl (C=O) groups excluding carboxylic acids is 2. The number of nitrogens with one attached hydrogen (secondary N) is 1. The van der Waals surface area contributed by atoms with Crippen molar-refractivity contribution in [2.45, 2.75) is 45.3 Å². The van der Waals surface area contributed by atoms with Gasteiger partial charge in [-0.15, -0.1) is 11.8 Å². The molecule has 38 heavy (non-hydrogen) atoms. The minimum atomic E-state index is 0.694. The standard InChI is InChI=1S/C23H24Cl2N2S.C5H11NOS.CH2O/c1-13(10-23-15(3)14(2)16(4)27-23)18-11-17(8-9-22(18)26)28-12-19-20(24)6-5-7-21(19)25;1-2-6(5-7)3-4-8;1-2/h5-11,27H,12,26H2,1-4H3;5,8H,2-4H2,1H3;1H2/b13-10+;;. The Balaban J connectivity index is 0.000000620. The molecule has 206 valence electrons. The zero-order chi connectivity index (χ0) is 28.8. The third kappa shape index (κ3) is 9.77. The molecule has 0 aliphatic heterocycles. The second-order valence-corrected chi connectivity index (χ2v) is 10.7. The number of halogens is 2. The molecule has 3 rings (SSSR count). The van der Waals surface area contributed by atoms with Crippen LogP contribution in [0.5, 0.6) is 0 Å². The summed E-state index contributed by atoms with van der Waals surface area (Å²) < 4.78 is 0. The van der Waals surface area contributed by atoms with Crippen LogP contribution < -0.4 is 5.73 Å². The van der Waals surface area contributed by atoms with Crippen molar-refractivity contribution >= 4 is 78.1 Å². The van der Waals surface area contributed by atoms with Crippen LogP contribution in [0.25, 0.3) is 11.6 Å². The average molecular weight is 595 g/mol. The van der Waals surface area contributed by atoms with Gasteiger partial charge in [0, 0.05) is 62.2 Å². The summed E-state index contributed by atoms with van der Waals surface area (Å²) in [6.45, 7) is 13.9. The molecule has 0 aliphatic rings. The summed E-state index contributed by atoms with van der Waals surface area (Å²) >= 11 is 18.3. The van der Waals surface area contributed by atoms with Crippen molar-refractivity contribution in [2.75, 3.05) is 24.6 Å². The van der Waals surface area contributed by atoms with Gasteiger partial charge in [0.05, 0.1) is 0 Å². The summed E-state index contributed by atoms with van der Waals surface area (Å²) in [5.41, 5.74) is 15.1. The van der Waals surface area contributed by atoms with Crippen LogP contribution in [-0.4, -0.2) is 41.9 Å². The number of hydrogen-bond donors (Lipinski definition) is 3. The van der Waals surface area contributed by atoms with Crippen LogP contribution in [-0.2, 0) is 15.3 Å². The van der Waals surface area contributed by atoms with E-state index in [9.17, 15) is 4.79 Å². The Bertz CT molecular complexity index is 1210. The maximum Gasteiger partial charge on any atom is 0.209 e. The molecule has 1 heterocycles. The van der Waals surface area contributed by atoms with Gasteiger partial charge in [0.25, 0.3) is 0 Å². The molecule has 0 radical (unpaired) electrons. The smallest absolute Gasteiger partial charge is 0.209 e. The Kier molecular flexibility index (Phi) is 15.3. The van der Waals surface area contributed by atoms with E-state index in [1.165, 1.54) is 16.8 Å². The van der Waals surface area contributed by atoms with E-state index in [0.29, 0.717) is 15.8 Å². The van der Waals surface area contributed by atoms with Gasteiger partial charge in [0.2, 0.25) is 6.41 Å². The van der Waals surface area contributed by atoms with Crippen LogP contribution >= 0.6 is 47.6 Å². The van der Waals surface area contributed by atoms with Crippen molar-refractivity contribution in [3.8, 4) is 0 Å². The van der Waals surface area contributed by atoms with Crippen molar-refractivity contribution in [3.05, 3.63) is 80.1 Å². The fourth-order valence-electron chi connectivity index (χ4n) is 3.52. The minimum Gasteiger partial charge on any atom is -0.398 e. The first-order valence-corrected chi connectivity index (χ1v) is 14.4. The lowest BCUT2D eigenvalue weighted by Gasteiger charge is -2.11. The number of nitrogens with two attached hydrogens (primary N) is 1. The van der Waals surface area contributed by atoms with E-state index >= 15 is 0 Å². The third-order valence-electron chi connectivity index (χ3n) is 6.05. The van der Waals surface area contributed by atoms with Crippen molar-refractivity contribution in [1.29, 1.82) is 0 Å². The fraction of sp³-hybridized carbons (Fsp3) is 0.310. The molecule has 0 fully saturated rings. The second kappa shape index (κ2) is 17.3. The molecule has 1 aromatic heterocycles. The number of nitrogens with zero attached hydrogens (tertiary/aromatic N) is 1. The first-order chi connectivity index (χ1) is 18.1. The highest BCUT2D eigenvalue weighted by atomic mass is 35.5. The van der Waals surface area contributed by atoms with Crippen LogP contribution in [0, 0.1) is 20.8 Å². The Morgan fingerprint density at radius 3 is 2.24 bits per heavy atom. The third-order valence-corrected chi connectivity index (χ3v) is 7.98. The van der Waals surface area contributed by atoms with E-state index in [1.54, 1.807) is 16.7 Å². The van der Waals surface area contributed by atoms with Crippen molar-refractivity contribution < 1.29 is 9.59 Å². The fourth-order valence-corrected chi connectivity index (χ4v) is 5.45. The molecule has 2 aromatic carbocycles. The maximum atomic E-state index is 10.0. The first kappa shape index (κ1) is 33.7. The number of nitrogen functional groups attached to an aromatic ring is 1. The molecule has 3 aromatic rings. The number of aromatic amines is 1. The van der Waals surface area contributed by atoms with Gasteiger partial charge in [0.1, 0.15) is 6.79 Å². The number of carbonyl (C=O) groups is 2. The molecule has 0 atom stereocenters. The number of thiol groups is 1. The van der Waals surface area contributed by atoms with E-state index in [2.05, 4.69) is 57.5 Å². The molecular weight excluding hydrogens is 557 g/mol. The van der Waals surface area contributed by atoms with Gasteiger partial charge in [-0.1, -0.05) is 29.3 Å². The Morgan fingerprint density at radius 1 is 1.13 bits per heavy atom. The molecule has 1 amide bonds. The lowest BCUT2D eigenvalue weighted by molar-refractivity contribution is -0.117. The zero-order valence-corrected chi connectivity index (χ0v) is 25.8. The number of aryl methyl sites for hydroxylation is 1. The van der Waals surface area contributed by atoms with Gasteiger partial charge in [-0.2, -0.15) is 12.6 Å². The summed E-state index contributed by atoms with van der Waals surface area (Å²) in [5, 5.41) is 1.39. The molecule has 3 N–H and O–H groups in total. The number of H-pyrrole nitrogens is 1. The van der Waals surface area contributed by atoms with Crippen LogP contribution in [0.4, 0.5) is 5.69 Å². The van der Waals surface area contributed by atoms with Crippen LogP contribution in [0.15, 0.2) is 41.3 Å². The number of amides is 1. The summed E-state index contributed by atoms with van der Waals surface area (Å²) in [6, 6.07) is 11.7. The number of aromatic nitrogens is 1. The molecule has 0 bridgehead atoms. The highest BCUT2D eigenvalue weighted by molar-refractivity contribution is 7.98. The number of anilines is 1. The largest absolute Gasteiger partial charge is 0.398 e. The SMILES string of the molecule is C/C(=C\c1[nH]c(C)c(C)c1C)c1cc(SCc2c(Cl)cccc2Cl)ccc1N.C=O.CCN(C=O)CCS. The predicted octanol–water partition coefficient (Wildman–Crippen LogP) is 7.89. The van der Waals surface area contributed by atoms with Crippen molar-refractivity contribution in [1.82, 2.24) is 9.88 Å². The quantitative estimate of drug-likeness (QED) is 0.102. The summed E-state index contributed by atoms with van der Waals surface area (Å²) in [5.74, 6) is 1.45. The number of allylic oxidation sites excluding steroid dienone is 1. The monoisotopic (exact) mass is 593 g/mol. The summed E-state index contributed by atoms with van der Waals surface area (Å²) in [6.07, 6.45) is 3.01. The van der Waals surface area contributed by atoms with Crippen LogP contribution in [0.2, 0.25) is 10.0 Å². The Hall–Kier alpha value is -2.32. The van der Waals surface area contributed by atoms with Gasteiger partial charge in [0.15, 0.2) is 0 Å². The van der Waals surface area contributed by atoms with E-state index < -0.39 is 0 Å². The molecule has 9 heteroatoms. The van der Waals surface area contributed by atoms with E-state index in [0.717, 1.165) is 58.2 Å². The molecular formula is C29H37Cl2N3O2S2. The normalized spacial score (nSPS) is 10.7. The highest BCUT2D eigenvalue weighted by Gasteiger charge is 2.10. The highest BCUT2D eigenvalue weighted by Crippen LogP contribution is 2.34. The zero-order valence-electron chi connectivity index (χ0n) is 22.6. The van der Waals surface area contributed by atoms with Gasteiger partial charge >= 0.3 is 0 Å². The summed E-state index contributed by atoms with van der Waals surface area (Å²) in [7, 11) is 0. The Labute approximate surface area is 246 Å². The number of hydrogen-bond acceptors (Lipinski definition) is 5. The molecule has 0 aliphatic carbocycles. The number of thioether (sulfide) groups is 1. The second-order valence-electron chi connectivity index (χ2n) is 8.44. The summed E-state index contributed by atoms with van der Waals surface area (Å²) in [4.78, 5) is 24.3. The average Bonchev–Trinajstić information content (AvgIpc) is 3.15. The molecule has 0 unspecified atom stereocenters. The molecule has 0 spiro atoms. The minimum absolute atomic E-state index is 0.694. The van der Waals surface area contributed by atoms with Crippen LogP contribution in [0.1, 0.15) is 47.5 Å². The van der Waals surface area contributed by atoms with Crippen LogP contribution in [0.3, 0.4) is 0 Å². The number of rotatable bonds is 9. The number of benzene rings is 2. The van der Waals surface area contributed by atoms with Gasteiger partial charge in [-0.05, 0) is 93.3 Å². The maximum absolute atomic E-state index is 10.0. The van der Waals surface area contributed by atoms with Gasteiger partial charge in [-0.3, -0.25) is 4.79 Å². The first-order valence-electron chi connectivity index (χ1n) is 12.0. The predicted molar refractivity (Wildman–Crippen MR) is 170 cm³/mol. The topological polar surface area (TPSA) is 79.2 Å². The van der Waals surface area contributed by atoms with Crippen molar-refractivity contribution in [2.24, 2.45) is 0 Å². The molecule has 0 saturated carbocycles.